The minimum atomic E-state index is -3.81. The SMILES string of the molecule is O=C(c1cc(Br)ccc1O)N1CCN(S(=O)(=O)c2cccc(F)c2)CC1. The second-order valence-electron chi connectivity index (χ2n) is 5.82. The summed E-state index contributed by atoms with van der Waals surface area (Å²) in [7, 11) is -3.81. The van der Waals surface area contributed by atoms with Crippen molar-refractivity contribution in [2.75, 3.05) is 26.2 Å². The van der Waals surface area contributed by atoms with Gasteiger partial charge in [0.15, 0.2) is 0 Å². The zero-order chi connectivity index (χ0) is 18.9. The quantitative estimate of drug-likeness (QED) is 0.791. The third-order valence-corrected chi connectivity index (χ3v) is 6.54. The number of phenolic OH excluding ortho intramolecular Hbond substituents is 1. The van der Waals surface area contributed by atoms with Gasteiger partial charge in [0, 0.05) is 30.7 Å². The predicted octanol–water partition coefficient (Wildman–Crippen LogP) is 2.44. The van der Waals surface area contributed by atoms with Crippen LogP contribution in [0.2, 0.25) is 0 Å². The van der Waals surface area contributed by atoms with Gasteiger partial charge in [0.2, 0.25) is 10.0 Å². The molecular formula is C17H16BrFN2O4S. The number of carbonyl (C=O) groups excluding carboxylic acids is 1. The van der Waals surface area contributed by atoms with Crippen LogP contribution in [0.15, 0.2) is 51.8 Å². The number of carbonyl (C=O) groups is 1. The van der Waals surface area contributed by atoms with Crippen molar-refractivity contribution >= 4 is 31.9 Å². The Morgan fingerprint density at radius 3 is 2.42 bits per heavy atom. The Kier molecular flexibility index (Phi) is 5.31. The number of aromatic hydroxyl groups is 1. The Balaban J connectivity index is 1.73. The lowest BCUT2D eigenvalue weighted by molar-refractivity contribution is 0.0695. The van der Waals surface area contributed by atoms with Crippen LogP contribution in [0.3, 0.4) is 0 Å². The molecule has 1 aliphatic rings. The second-order valence-corrected chi connectivity index (χ2v) is 8.67. The lowest BCUT2D eigenvalue weighted by atomic mass is 10.1. The molecule has 0 aliphatic carbocycles. The van der Waals surface area contributed by atoms with E-state index >= 15 is 0 Å². The van der Waals surface area contributed by atoms with Crippen molar-refractivity contribution in [3.05, 3.63) is 58.3 Å². The summed E-state index contributed by atoms with van der Waals surface area (Å²) in [6.07, 6.45) is 0. The minimum absolute atomic E-state index is 0.0966. The molecule has 2 aromatic rings. The molecule has 0 radical (unpaired) electrons. The standard InChI is InChI=1S/C17H16BrFN2O4S/c18-12-4-5-16(22)15(10-12)17(23)20-6-8-21(9-7-20)26(24,25)14-3-1-2-13(19)11-14/h1-5,10-11,22H,6-9H2. The smallest absolute Gasteiger partial charge is 0.257 e. The van der Waals surface area contributed by atoms with Crippen LogP contribution in [0.1, 0.15) is 10.4 Å². The van der Waals surface area contributed by atoms with Gasteiger partial charge < -0.3 is 10.0 Å². The number of halogens is 2. The van der Waals surface area contributed by atoms with Crippen LogP contribution in [-0.2, 0) is 10.0 Å². The van der Waals surface area contributed by atoms with Crippen LogP contribution in [0.4, 0.5) is 4.39 Å². The maximum Gasteiger partial charge on any atom is 0.257 e. The first-order valence-corrected chi connectivity index (χ1v) is 10.1. The van der Waals surface area contributed by atoms with Gasteiger partial charge in [0.05, 0.1) is 10.5 Å². The van der Waals surface area contributed by atoms with Crippen molar-refractivity contribution in [2.24, 2.45) is 0 Å². The van der Waals surface area contributed by atoms with Crippen LogP contribution in [0, 0.1) is 5.82 Å². The van der Waals surface area contributed by atoms with Gasteiger partial charge >= 0.3 is 0 Å². The molecule has 0 bridgehead atoms. The Hall–Kier alpha value is -1.97. The summed E-state index contributed by atoms with van der Waals surface area (Å²) in [6.45, 7) is 0.553. The third kappa shape index (κ3) is 3.74. The molecule has 0 aromatic heterocycles. The Bertz CT molecular complexity index is 944. The predicted molar refractivity (Wildman–Crippen MR) is 96.9 cm³/mol. The molecule has 0 unspecified atom stereocenters. The Morgan fingerprint density at radius 1 is 1.08 bits per heavy atom. The van der Waals surface area contributed by atoms with Crippen LogP contribution in [0.25, 0.3) is 0 Å². The molecule has 1 N–H and O–H groups in total. The van der Waals surface area contributed by atoms with Crippen molar-refractivity contribution in [1.82, 2.24) is 9.21 Å². The highest BCUT2D eigenvalue weighted by Crippen LogP contribution is 2.25. The molecule has 0 atom stereocenters. The van der Waals surface area contributed by atoms with Crippen LogP contribution >= 0.6 is 15.9 Å². The van der Waals surface area contributed by atoms with E-state index in [2.05, 4.69) is 15.9 Å². The average molecular weight is 443 g/mol. The number of hydrogen-bond acceptors (Lipinski definition) is 4. The fourth-order valence-corrected chi connectivity index (χ4v) is 4.57. The van der Waals surface area contributed by atoms with Crippen LogP contribution in [0.5, 0.6) is 5.75 Å². The van der Waals surface area contributed by atoms with E-state index in [1.54, 1.807) is 6.07 Å². The first-order valence-electron chi connectivity index (χ1n) is 7.82. The van der Waals surface area contributed by atoms with Gasteiger partial charge in [0.25, 0.3) is 5.91 Å². The molecule has 1 aliphatic heterocycles. The fraction of sp³-hybridized carbons (Fsp3) is 0.235. The summed E-state index contributed by atoms with van der Waals surface area (Å²) in [5, 5.41) is 9.88. The molecule has 3 rings (SSSR count). The van der Waals surface area contributed by atoms with Gasteiger partial charge in [0.1, 0.15) is 11.6 Å². The maximum absolute atomic E-state index is 13.3. The van der Waals surface area contributed by atoms with Crippen LogP contribution < -0.4 is 0 Å². The number of nitrogens with zero attached hydrogens (tertiary/aromatic N) is 2. The maximum atomic E-state index is 13.3. The van der Waals surface area contributed by atoms with E-state index in [1.165, 1.54) is 39.5 Å². The normalized spacial score (nSPS) is 15.8. The first kappa shape index (κ1) is 18.8. The van der Waals surface area contributed by atoms with E-state index in [-0.39, 0.29) is 48.3 Å². The second kappa shape index (κ2) is 7.34. The van der Waals surface area contributed by atoms with E-state index in [0.717, 1.165) is 6.07 Å². The number of sulfonamides is 1. The molecule has 6 nitrogen and oxygen atoms in total. The van der Waals surface area contributed by atoms with Crippen molar-refractivity contribution in [1.29, 1.82) is 0 Å². The highest BCUT2D eigenvalue weighted by atomic mass is 79.9. The number of amides is 1. The number of hydrogen-bond donors (Lipinski definition) is 1. The van der Waals surface area contributed by atoms with Gasteiger partial charge in [-0.25, -0.2) is 12.8 Å². The molecule has 1 saturated heterocycles. The van der Waals surface area contributed by atoms with E-state index in [1.807, 2.05) is 0 Å². The summed E-state index contributed by atoms with van der Waals surface area (Å²) in [5.74, 6) is -1.12. The molecule has 1 fully saturated rings. The van der Waals surface area contributed by atoms with Crippen molar-refractivity contribution in [3.8, 4) is 5.75 Å². The fourth-order valence-electron chi connectivity index (χ4n) is 2.76. The van der Waals surface area contributed by atoms with Crippen molar-refractivity contribution in [2.45, 2.75) is 4.90 Å². The van der Waals surface area contributed by atoms with E-state index in [4.69, 9.17) is 0 Å². The van der Waals surface area contributed by atoms with Gasteiger partial charge in [-0.3, -0.25) is 4.79 Å². The zero-order valence-electron chi connectivity index (χ0n) is 13.6. The first-order chi connectivity index (χ1) is 12.3. The highest BCUT2D eigenvalue weighted by Gasteiger charge is 2.31. The number of benzene rings is 2. The molecule has 26 heavy (non-hydrogen) atoms. The van der Waals surface area contributed by atoms with Crippen molar-refractivity contribution < 1.29 is 22.7 Å². The molecule has 1 heterocycles. The topological polar surface area (TPSA) is 77.9 Å². The molecule has 9 heteroatoms. The lowest BCUT2D eigenvalue weighted by Gasteiger charge is -2.34. The summed E-state index contributed by atoms with van der Waals surface area (Å²) < 4.78 is 40.4. The molecular weight excluding hydrogens is 427 g/mol. The molecule has 0 spiro atoms. The van der Waals surface area contributed by atoms with Gasteiger partial charge in [-0.05, 0) is 36.4 Å². The minimum Gasteiger partial charge on any atom is -0.507 e. The average Bonchev–Trinajstić information content (AvgIpc) is 2.63. The Labute approximate surface area is 159 Å². The molecule has 138 valence electrons. The monoisotopic (exact) mass is 442 g/mol. The summed E-state index contributed by atoms with van der Waals surface area (Å²) in [6, 6.07) is 9.41. The van der Waals surface area contributed by atoms with Gasteiger partial charge in [-0.2, -0.15) is 4.31 Å². The van der Waals surface area contributed by atoms with Gasteiger partial charge in [-0.15, -0.1) is 0 Å². The highest BCUT2D eigenvalue weighted by molar-refractivity contribution is 9.10. The van der Waals surface area contributed by atoms with Gasteiger partial charge in [-0.1, -0.05) is 22.0 Å². The summed E-state index contributed by atoms with van der Waals surface area (Å²) in [5.41, 5.74) is 0.154. The molecule has 0 saturated carbocycles. The van der Waals surface area contributed by atoms with E-state index in [9.17, 15) is 22.7 Å². The summed E-state index contributed by atoms with van der Waals surface area (Å²) >= 11 is 3.26. The molecule has 2 aromatic carbocycles. The third-order valence-electron chi connectivity index (χ3n) is 4.15. The van der Waals surface area contributed by atoms with E-state index < -0.39 is 15.8 Å². The Morgan fingerprint density at radius 2 is 1.77 bits per heavy atom. The zero-order valence-corrected chi connectivity index (χ0v) is 16.0. The van der Waals surface area contributed by atoms with E-state index in [0.29, 0.717) is 4.47 Å². The molecule has 1 amide bonds. The summed E-state index contributed by atoms with van der Waals surface area (Å²) in [4.78, 5) is 13.9. The van der Waals surface area contributed by atoms with Crippen molar-refractivity contribution in [3.63, 3.8) is 0 Å². The van der Waals surface area contributed by atoms with Crippen LogP contribution in [-0.4, -0.2) is 54.8 Å². The number of phenols is 1. The number of piperazine rings is 1. The lowest BCUT2D eigenvalue weighted by Crippen LogP contribution is -2.50. The largest absolute Gasteiger partial charge is 0.507 e. The number of rotatable bonds is 3.